The number of aromatic nitrogens is 3. The molecule has 1 N–H and O–H groups in total. The summed E-state index contributed by atoms with van der Waals surface area (Å²) in [5.41, 5.74) is 4.38. The molecule has 0 unspecified atom stereocenters. The average molecular weight is 441 g/mol. The van der Waals surface area contributed by atoms with E-state index in [1.165, 1.54) is 0 Å². The van der Waals surface area contributed by atoms with Gasteiger partial charge in [0.15, 0.2) is 5.58 Å². The minimum atomic E-state index is -0.247. The number of hydrogen-bond donors (Lipinski definition) is 1. The lowest BCUT2D eigenvalue weighted by Gasteiger charge is -2.04. The van der Waals surface area contributed by atoms with E-state index in [1.807, 2.05) is 0 Å². The fourth-order valence-corrected chi connectivity index (χ4v) is 3.92. The van der Waals surface area contributed by atoms with Crippen molar-refractivity contribution in [2.45, 2.75) is 0 Å². The molecule has 0 aliphatic rings. The van der Waals surface area contributed by atoms with Gasteiger partial charge >= 0.3 is 0 Å². The monoisotopic (exact) mass is 440 g/mol. The highest BCUT2D eigenvalue weighted by Crippen LogP contribution is 2.32. The summed E-state index contributed by atoms with van der Waals surface area (Å²) in [7, 11) is 0. The molecule has 1 amide bonds. The van der Waals surface area contributed by atoms with Crippen LogP contribution in [-0.4, -0.2) is 19.6 Å². The normalized spacial score (nSPS) is 11.2. The van der Waals surface area contributed by atoms with Crippen LogP contribution in [-0.2, 0) is 0 Å². The van der Waals surface area contributed by atoms with Gasteiger partial charge in [-0.25, -0.2) is 4.98 Å². The Morgan fingerprint density at radius 3 is 2.66 bits per heavy atom. The quantitative estimate of drug-likeness (QED) is 0.368. The Hall–Kier alpha value is -3.00. The van der Waals surface area contributed by atoms with Gasteiger partial charge < -0.3 is 9.73 Å². The smallest absolute Gasteiger partial charge is 0.255 e. The van der Waals surface area contributed by atoms with Crippen molar-refractivity contribution < 1.29 is 9.21 Å². The summed E-state index contributed by atoms with van der Waals surface area (Å²) in [6, 6.07) is 15.6. The van der Waals surface area contributed by atoms with Crippen LogP contribution in [0.1, 0.15) is 10.4 Å². The van der Waals surface area contributed by atoms with Gasteiger partial charge in [0.25, 0.3) is 5.91 Å². The molecule has 0 bridgehead atoms. The molecule has 0 atom stereocenters. The molecule has 29 heavy (non-hydrogen) atoms. The number of rotatable bonds is 3. The van der Waals surface area contributed by atoms with Crippen LogP contribution in [0.4, 0.5) is 5.69 Å². The lowest BCUT2D eigenvalue weighted by atomic mass is 10.2. The van der Waals surface area contributed by atoms with Gasteiger partial charge in [0.2, 0.25) is 5.89 Å². The number of amides is 1. The van der Waals surface area contributed by atoms with Crippen molar-refractivity contribution in [3.05, 3.63) is 70.2 Å². The van der Waals surface area contributed by atoms with Gasteiger partial charge in [-0.3, -0.25) is 4.79 Å². The molecular weight excluding hydrogens is 431 g/mol. The molecule has 0 saturated heterocycles. The van der Waals surface area contributed by atoms with E-state index in [2.05, 4.69) is 19.0 Å². The van der Waals surface area contributed by atoms with Crippen LogP contribution in [0.15, 0.2) is 59.0 Å². The molecular formula is C20H10Cl2N4O2S. The number of halogens is 2. The topological polar surface area (TPSA) is 80.9 Å². The maximum Gasteiger partial charge on any atom is 0.255 e. The summed E-state index contributed by atoms with van der Waals surface area (Å²) in [5, 5.41) is 3.85. The number of anilines is 1. The Labute approximate surface area is 178 Å². The first-order valence-corrected chi connectivity index (χ1v) is 9.95. The fraction of sp³-hybridized carbons (Fsp3) is 0. The third-order valence-electron chi connectivity index (χ3n) is 4.32. The molecule has 5 aromatic rings. The summed E-state index contributed by atoms with van der Waals surface area (Å²) in [4.78, 5) is 17.1. The standard InChI is InChI=1S/C20H10Cl2N4O2S/c21-11-2-4-13(14(22)8-11)20-24-17-9-12(3-6-18(17)28-20)23-19(27)10-1-5-15-16(7-10)26-29-25-15/h1-9H,(H,23,27). The molecule has 2 heterocycles. The number of carbonyl (C=O) groups excluding carboxylic acids is 1. The van der Waals surface area contributed by atoms with E-state index in [0.717, 1.165) is 17.2 Å². The Kier molecular flexibility index (Phi) is 4.43. The highest BCUT2D eigenvalue weighted by atomic mass is 35.5. The zero-order chi connectivity index (χ0) is 20.0. The molecule has 0 aliphatic heterocycles. The Balaban J connectivity index is 1.44. The first kappa shape index (κ1) is 18.1. The van der Waals surface area contributed by atoms with Crippen LogP contribution in [0.5, 0.6) is 0 Å². The molecule has 5 rings (SSSR count). The molecule has 142 valence electrons. The van der Waals surface area contributed by atoms with Gasteiger partial charge in [-0.15, -0.1) is 0 Å². The summed E-state index contributed by atoms with van der Waals surface area (Å²) in [6.07, 6.45) is 0. The van der Waals surface area contributed by atoms with E-state index in [1.54, 1.807) is 54.6 Å². The number of carbonyl (C=O) groups is 1. The van der Waals surface area contributed by atoms with Crippen molar-refractivity contribution in [1.82, 2.24) is 13.7 Å². The van der Waals surface area contributed by atoms with E-state index in [9.17, 15) is 4.79 Å². The summed E-state index contributed by atoms with van der Waals surface area (Å²) >= 11 is 13.3. The number of nitrogens with zero attached hydrogens (tertiary/aromatic N) is 3. The van der Waals surface area contributed by atoms with Gasteiger partial charge in [-0.05, 0) is 54.6 Å². The van der Waals surface area contributed by atoms with Gasteiger partial charge in [0.05, 0.1) is 22.3 Å². The molecule has 2 aromatic heterocycles. The third-order valence-corrected chi connectivity index (χ3v) is 5.43. The number of benzene rings is 3. The van der Waals surface area contributed by atoms with Gasteiger partial charge in [-0.1, -0.05) is 23.2 Å². The summed E-state index contributed by atoms with van der Waals surface area (Å²) < 4.78 is 14.1. The number of oxazole rings is 1. The van der Waals surface area contributed by atoms with Crippen molar-refractivity contribution >= 4 is 68.7 Å². The summed E-state index contributed by atoms with van der Waals surface area (Å²) in [6.45, 7) is 0. The van der Waals surface area contributed by atoms with Crippen LogP contribution in [0.25, 0.3) is 33.6 Å². The van der Waals surface area contributed by atoms with Crippen LogP contribution in [0.2, 0.25) is 10.0 Å². The number of hydrogen-bond acceptors (Lipinski definition) is 6. The second-order valence-corrected chi connectivity index (χ2v) is 7.62. The maximum absolute atomic E-state index is 12.6. The molecule has 3 aromatic carbocycles. The van der Waals surface area contributed by atoms with E-state index in [0.29, 0.717) is 49.4 Å². The van der Waals surface area contributed by atoms with Crippen LogP contribution in [0.3, 0.4) is 0 Å². The lowest BCUT2D eigenvalue weighted by Crippen LogP contribution is -2.11. The maximum atomic E-state index is 12.6. The van der Waals surface area contributed by atoms with E-state index < -0.39 is 0 Å². The number of nitrogens with one attached hydrogen (secondary N) is 1. The lowest BCUT2D eigenvalue weighted by molar-refractivity contribution is 0.102. The molecule has 0 saturated carbocycles. The third kappa shape index (κ3) is 3.44. The van der Waals surface area contributed by atoms with Crippen LogP contribution < -0.4 is 5.32 Å². The number of fused-ring (bicyclic) bond motifs is 2. The van der Waals surface area contributed by atoms with Crippen molar-refractivity contribution in [3.63, 3.8) is 0 Å². The Morgan fingerprint density at radius 2 is 1.79 bits per heavy atom. The molecule has 0 radical (unpaired) electrons. The minimum Gasteiger partial charge on any atom is -0.436 e. The zero-order valence-electron chi connectivity index (χ0n) is 14.5. The molecule has 6 nitrogen and oxygen atoms in total. The first-order valence-electron chi connectivity index (χ1n) is 8.46. The largest absolute Gasteiger partial charge is 0.436 e. The zero-order valence-corrected chi connectivity index (χ0v) is 16.8. The van der Waals surface area contributed by atoms with Gasteiger partial charge in [-0.2, -0.15) is 8.75 Å². The van der Waals surface area contributed by atoms with Gasteiger partial charge in [0, 0.05) is 16.3 Å². The van der Waals surface area contributed by atoms with Crippen molar-refractivity contribution in [3.8, 4) is 11.5 Å². The highest BCUT2D eigenvalue weighted by molar-refractivity contribution is 7.00. The first-order chi connectivity index (χ1) is 14.1. The van der Waals surface area contributed by atoms with Gasteiger partial charge in [0.1, 0.15) is 16.6 Å². The molecule has 0 fully saturated rings. The van der Waals surface area contributed by atoms with E-state index in [4.69, 9.17) is 27.6 Å². The van der Waals surface area contributed by atoms with E-state index in [-0.39, 0.29) is 5.91 Å². The van der Waals surface area contributed by atoms with Crippen molar-refractivity contribution in [2.75, 3.05) is 5.32 Å². The van der Waals surface area contributed by atoms with E-state index >= 15 is 0 Å². The Bertz CT molecular complexity index is 1400. The predicted molar refractivity (Wildman–Crippen MR) is 115 cm³/mol. The summed E-state index contributed by atoms with van der Waals surface area (Å²) in [5.74, 6) is 0.135. The second kappa shape index (κ2) is 7.11. The molecule has 0 spiro atoms. The second-order valence-electron chi connectivity index (χ2n) is 6.25. The highest BCUT2D eigenvalue weighted by Gasteiger charge is 2.14. The van der Waals surface area contributed by atoms with Crippen LogP contribution >= 0.6 is 34.9 Å². The minimum absolute atomic E-state index is 0.247. The molecule has 0 aliphatic carbocycles. The van der Waals surface area contributed by atoms with Crippen molar-refractivity contribution in [1.29, 1.82) is 0 Å². The van der Waals surface area contributed by atoms with Crippen LogP contribution in [0, 0.1) is 0 Å². The van der Waals surface area contributed by atoms with Crippen molar-refractivity contribution in [2.24, 2.45) is 0 Å². The SMILES string of the molecule is O=C(Nc1ccc2oc(-c3ccc(Cl)cc3Cl)nc2c1)c1ccc2nsnc2c1. The fourth-order valence-electron chi connectivity index (χ4n) is 2.91. The Morgan fingerprint density at radius 1 is 0.931 bits per heavy atom. The predicted octanol–water partition coefficient (Wildman–Crippen LogP) is 6.06. The molecule has 9 heteroatoms. The average Bonchev–Trinajstić information content (AvgIpc) is 3.33.